The normalized spacial score (nSPS) is 11.8. The molecule has 0 spiro atoms. The van der Waals surface area contributed by atoms with Gasteiger partial charge in [-0.1, -0.05) is 11.6 Å². The molecule has 0 radical (unpaired) electrons. The molecule has 0 atom stereocenters. The monoisotopic (exact) mass is 452 g/mol. The third-order valence-corrected chi connectivity index (χ3v) is 5.31. The van der Waals surface area contributed by atoms with Gasteiger partial charge in [-0.25, -0.2) is 24.6 Å². The zero-order chi connectivity index (χ0) is 21.5. The fourth-order valence-corrected chi connectivity index (χ4v) is 3.77. The summed E-state index contributed by atoms with van der Waals surface area (Å²) >= 11 is 7.08. The van der Waals surface area contributed by atoms with Crippen molar-refractivity contribution in [1.82, 2.24) is 24.6 Å². The second-order valence-corrected chi connectivity index (χ2v) is 7.55. The van der Waals surface area contributed by atoms with Gasteiger partial charge in [-0.15, -0.1) is 11.3 Å². The van der Waals surface area contributed by atoms with Gasteiger partial charge < -0.3 is 0 Å². The molecular weight excluding hydrogens is 441 g/mol. The molecule has 12 heteroatoms. The minimum atomic E-state index is -4.39. The zero-order valence-corrected chi connectivity index (χ0v) is 16.8. The van der Waals surface area contributed by atoms with Gasteiger partial charge in [-0.05, 0) is 24.6 Å². The van der Waals surface area contributed by atoms with Crippen molar-refractivity contribution >= 4 is 39.9 Å². The molecule has 0 fully saturated rings. The smallest absolute Gasteiger partial charge is 0.267 e. The molecule has 0 saturated heterocycles. The number of pyridine rings is 1. The summed E-state index contributed by atoms with van der Waals surface area (Å²) in [6, 6.07) is 3.06. The van der Waals surface area contributed by atoms with Crippen molar-refractivity contribution in [3.05, 3.63) is 58.1 Å². The number of carbonyl (C=O) groups is 1. The van der Waals surface area contributed by atoms with E-state index >= 15 is 0 Å². The van der Waals surface area contributed by atoms with Crippen molar-refractivity contribution in [2.24, 2.45) is 0 Å². The molecule has 4 aromatic rings. The fourth-order valence-electron chi connectivity index (χ4n) is 2.89. The van der Waals surface area contributed by atoms with E-state index in [1.54, 1.807) is 12.3 Å². The van der Waals surface area contributed by atoms with Crippen LogP contribution < -0.4 is 5.43 Å². The second kappa shape index (κ2) is 7.65. The van der Waals surface area contributed by atoms with Crippen molar-refractivity contribution in [3.8, 4) is 10.8 Å². The van der Waals surface area contributed by atoms with E-state index in [0.29, 0.717) is 27.1 Å². The maximum atomic E-state index is 12.9. The Morgan fingerprint density at radius 1 is 1.30 bits per heavy atom. The predicted octanol–water partition coefficient (Wildman–Crippen LogP) is 4.40. The van der Waals surface area contributed by atoms with Crippen LogP contribution in [-0.4, -0.2) is 36.7 Å². The Hall–Kier alpha value is -3.05. The van der Waals surface area contributed by atoms with Crippen LogP contribution in [0.4, 0.5) is 13.2 Å². The molecule has 1 amide bonds. The summed E-state index contributed by atoms with van der Waals surface area (Å²) in [5.41, 5.74) is 3.30. The van der Waals surface area contributed by atoms with Crippen LogP contribution in [0.1, 0.15) is 21.6 Å². The topological polar surface area (TPSA) is 85.6 Å². The Balaban J connectivity index is 1.63. The molecule has 0 aromatic carbocycles. The lowest BCUT2D eigenvalue weighted by molar-refractivity contribution is -0.127. The number of hydrogen-bond donors (Lipinski definition) is 1. The maximum Gasteiger partial charge on any atom is 0.393 e. The number of rotatable bonds is 4. The average Bonchev–Trinajstić information content (AvgIpc) is 3.25. The molecule has 4 aromatic heterocycles. The van der Waals surface area contributed by atoms with E-state index in [0.717, 1.165) is 0 Å². The van der Waals surface area contributed by atoms with Gasteiger partial charge >= 0.3 is 6.18 Å². The Morgan fingerprint density at radius 2 is 2.10 bits per heavy atom. The van der Waals surface area contributed by atoms with Gasteiger partial charge in [-0.3, -0.25) is 10.2 Å². The molecule has 4 heterocycles. The number of carbonyl (C=O) groups excluding carboxylic acids is 1. The first-order chi connectivity index (χ1) is 14.2. The summed E-state index contributed by atoms with van der Waals surface area (Å²) in [5, 5.41) is 2.77. The van der Waals surface area contributed by atoms with E-state index in [1.807, 2.05) is 0 Å². The van der Waals surface area contributed by atoms with Gasteiger partial charge in [0.2, 0.25) is 0 Å². The van der Waals surface area contributed by atoms with Crippen LogP contribution in [0.5, 0.6) is 0 Å². The summed E-state index contributed by atoms with van der Waals surface area (Å²) in [4.78, 5) is 29.3. The molecule has 1 N–H and O–H groups in total. The van der Waals surface area contributed by atoms with E-state index < -0.39 is 18.5 Å². The molecule has 0 aliphatic carbocycles. The molecule has 0 aliphatic heterocycles. The number of amides is 1. The molecule has 7 nitrogen and oxygen atoms in total. The van der Waals surface area contributed by atoms with Gasteiger partial charge in [0.05, 0.1) is 17.7 Å². The highest BCUT2D eigenvalue weighted by Crippen LogP contribution is 2.27. The van der Waals surface area contributed by atoms with Crippen molar-refractivity contribution in [1.29, 1.82) is 0 Å². The Bertz CT molecular complexity index is 1250. The fraction of sp³-hybridized carbons (Fsp3) is 0.167. The predicted molar refractivity (Wildman–Crippen MR) is 106 cm³/mol. The number of hydrogen-bond acceptors (Lipinski definition) is 6. The quantitative estimate of drug-likeness (QED) is 0.496. The SMILES string of the molecule is Cc1nc(-c2nc(Cl)cs2)ncc1C(=O)Nn1cc(CC(F)(F)F)c2cccnc21. The second-order valence-electron chi connectivity index (χ2n) is 6.30. The van der Waals surface area contributed by atoms with Crippen LogP contribution in [0.2, 0.25) is 5.15 Å². The number of fused-ring (bicyclic) bond motifs is 1. The van der Waals surface area contributed by atoms with E-state index in [9.17, 15) is 18.0 Å². The van der Waals surface area contributed by atoms with Crippen LogP contribution in [0, 0.1) is 6.92 Å². The lowest BCUT2D eigenvalue weighted by atomic mass is 10.1. The Kier molecular flexibility index (Phi) is 5.16. The third-order valence-electron chi connectivity index (χ3n) is 4.15. The molecule has 30 heavy (non-hydrogen) atoms. The summed E-state index contributed by atoms with van der Waals surface area (Å²) in [7, 11) is 0. The number of nitrogens with one attached hydrogen (secondary N) is 1. The number of thiazole rings is 1. The largest absolute Gasteiger partial charge is 0.393 e. The number of alkyl halides is 3. The molecule has 0 unspecified atom stereocenters. The number of halogens is 4. The first-order valence-electron chi connectivity index (χ1n) is 8.49. The first kappa shape index (κ1) is 20.2. The van der Waals surface area contributed by atoms with E-state index in [-0.39, 0.29) is 16.8 Å². The summed E-state index contributed by atoms with van der Waals surface area (Å²) < 4.78 is 39.8. The molecule has 0 aliphatic rings. The van der Waals surface area contributed by atoms with E-state index in [2.05, 4.69) is 25.4 Å². The lowest BCUT2D eigenvalue weighted by Gasteiger charge is -2.09. The lowest BCUT2D eigenvalue weighted by Crippen LogP contribution is -2.24. The highest BCUT2D eigenvalue weighted by molar-refractivity contribution is 7.13. The van der Waals surface area contributed by atoms with Crippen LogP contribution in [-0.2, 0) is 6.42 Å². The van der Waals surface area contributed by atoms with Crippen LogP contribution in [0.25, 0.3) is 21.9 Å². The minimum Gasteiger partial charge on any atom is -0.267 e. The summed E-state index contributed by atoms with van der Waals surface area (Å²) in [5.74, 6) is -0.265. The maximum absolute atomic E-state index is 12.9. The Labute approximate surface area is 176 Å². The van der Waals surface area contributed by atoms with Crippen molar-refractivity contribution in [2.45, 2.75) is 19.5 Å². The Morgan fingerprint density at radius 3 is 2.77 bits per heavy atom. The van der Waals surface area contributed by atoms with Gasteiger partial charge in [0.1, 0.15) is 5.15 Å². The van der Waals surface area contributed by atoms with Gasteiger partial charge in [0.15, 0.2) is 16.5 Å². The van der Waals surface area contributed by atoms with E-state index in [4.69, 9.17) is 11.6 Å². The van der Waals surface area contributed by atoms with Crippen LogP contribution in [0.15, 0.2) is 36.1 Å². The third kappa shape index (κ3) is 4.12. The molecule has 0 saturated carbocycles. The van der Waals surface area contributed by atoms with Gasteiger partial charge in [0.25, 0.3) is 5.91 Å². The van der Waals surface area contributed by atoms with Crippen molar-refractivity contribution in [2.75, 3.05) is 5.43 Å². The van der Waals surface area contributed by atoms with Gasteiger partial charge in [0, 0.05) is 29.4 Å². The van der Waals surface area contributed by atoms with Crippen LogP contribution in [0.3, 0.4) is 0 Å². The molecule has 154 valence electrons. The van der Waals surface area contributed by atoms with Crippen molar-refractivity contribution in [3.63, 3.8) is 0 Å². The minimum absolute atomic E-state index is 0.00914. The summed E-state index contributed by atoms with van der Waals surface area (Å²) in [6.45, 7) is 1.62. The molecular formula is C18H12ClF3N6OS. The highest BCUT2D eigenvalue weighted by atomic mass is 35.5. The van der Waals surface area contributed by atoms with Crippen LogP contribution >= 0.6 is 22.9 Å². The van der Waals surface area contributed by atoms with E-state index in [1.165, 1.54) is 46.7 Å². The molecule has 4 rings (SSSR count). The zero-order valence-electron chi connectivity index (χ0n) is 15.2. The standard InChI is InChI=1S/C18H12ClF3N6OS/c1-9-12(6-24-14(25-9)17-26-13(19)8-30-17)16(29)27-28-7-10(5-18(20,21)22)11-3-2-4-23-15(11)28/h2-4,6-8H,5H2,1H3,(H,27,29). The number of nitrogens with zero attached hydrogens (tertiary/aromatic N) is 5. The average molecular weight is 453 g/mol. The van der Waals surface area contributed by atoms with Gasteiger partial charge in [-0.2, -0.15) is 13.2 Å². The number of aryl methyl sites for hydroxylation is 1. The number of aromatic nitrogens is 5. The first-order valence-corrected chi connectivity index (χ1v) is 9.75. The molecule has 0 bridgehead atoms. The summed E-state index contributed by atoms with van der Waals surface area (Å²) in [6.07, 6.45) is -1.54. The van der Waals surface area contributed by atoms with Crippen molar-refractivity contribution < 1.29 is 18.0 Å². The highest BCUT2D eigenvalue weighted by Gasteiger charge is 2.30.